The Morgan fingerprint density at radius 3 is 2.92 bits per heavy atom. The summed E-state index contributed by atoms with van der Waals surface area (Å²) in [6.07, 6.45) is 3.48. The molecule has 7 heteroatoms. The number of aromatic nitrogens is 3. The fourth-order valence-corrected chi connectivity index (χ4v) is 3.16. The van der Waals surface area contributed by atoms with Gasteiger partial charge in [-0.15, -0.1) is 0 Å². The molecule has 2 heterocycles. The average molecular weight is 432 g/mol. The number of nitrogens with one attached hydrogen (secondary N) is 2. The van der Waals surface area contributed by atoms with E-state index >= 15 is 0 Å². The summed E-state index contributed by atoms with van der Waals surface area (Å²) in [7, 11) is 1.66. The molecule has 0 bridgehead atoms. The number of hydrogen-bond acceptors (Lipinski definition) is 5. The molecule has 24 heavy (non-hydrogen) atoms. The topological polar surface area (TPSA) is 76.0 Å². The van der Waals surface area contributed by atoms with Gasteiger partial charge in [0.2, 0.25) is 0 Å². The molecule has 0 amide bonds. The fourth-order valence-electron chi connectivity index (χ4n) is 2.43. The SMILES string of the molecule is COc1ccc(-c2cnc(Nc3ccc4[nH]ncc4c3)o2)cc1I. The van der Waals surface area contributed by atoms with E-state index in [1.807, 2.05) is 36.4 Å². The normalized spacial score (nSPS) is 10.9. The van der Waals surface area contributed by atoms with Crippen LogP contribution < -0.4 is 10.1 Å². The van der Waals surface area contributed by atoms with Crippen LogP contribution in [0.3, 0.4) is 0 Å². The average Bonchev–Trinajstić information content (AvgIpc) is 3.23. The van der Waals surface area contributed by atoms with Gasteiger partial charge in [-0.3, -0.25) is 5.10 Å². The van der Waals surface area contributed by atoms with Gasteiger partial charge in [0.1, 0.15) is 5.75 Å². The van der Waals surface area contributed by atoms with Gasteiger partial charge in [0, 0.05) is 16.6 Å². The van der Waals surface area contributed by atoms with E-state index in [1.54, 1.807) is 19.5 Å². The molecule has 0 aliphatic heterocycles. The van der Waals surface area contributed by atoms with Crippen LogP contribution in [0.25, 0.3) is 22.2 Å². The van der Waals surface area contributed by atoms with Crippen LogP contribution in [-0.4, -0.2) is 22.3 Å². The molecule has 2 aromatic heterocycles. The van der Waals surface area contributed by atoms with Crippen molar-refractivity contribution >= 4 is 45.2 Å². The van der Waals surface area contributed by atoms with Crippen LogP contribution in [0.15, 0.2) is 53.2 Å². The van der Waals surface area contributed by atoms with Gasteiger partial charge in [-0.2, -0.15) is 5.10 Å². The number of aromatic amines is 1. The maximum Gasteiger partial charge on any atom is 0.299 e. The standard InChI is InChI=1S/C17H13IN4O2/c1-23-15-5-2-10(7-13(15)18)16-9-19-17(24-16)21-12-3-4-14-11(6-12)8-20-22-14/h2-9H,1H3,(H,19,21)(H,20,22). The third-order valence-corrected chi connectivity index (χ3v) is 4.48. The smallest absolute Gasteiger partial charge is 0.299 e. The molecule has 6 nitrogen and oxygen atoms in total. The molecular weight excluding hydrogens is 419 g/mol. The second-order valence-corrected chi connectivity index (χ2v) is 6.34. The molecule has 0 atom stereocenters. The highest BCUT2D eigenvalue weighted by atomic mass is 127. The zero-order valence-electron chi connectivity index (χ0n) is 12.7. The fraction of sp³-hybridized carbons (Fsp3) is 0.0588. The number of methoxy groups -OCH3 is 1. The summed E-state index contributed by atoms with van der Waals surface area (Å²) in [4.78, 5) is 4.29. The second kappa shape index (κ2) is 6.16. The molecule has 0 saturated carbocycles. The summed E-state index contributed by atoms with van der Waals surface area (Å²) < 4.78 is 12.1. The first kappa shape index (κ1) is 15.0. The van der Waals surface area contributed by atoms with Gasteiger partial charge in [0.05, 0.1) is 28.6 Å². The van der Waals surface area contributed by atoms with Crippen LogP contribution >= 0.6 is 22.6 Å². The molecule has 4 rings (SSSR count). The molecule has 0 radical (unpaired) electrons. The van der Waals surface area contributed by atoms with E-state index in [0.29, 0.717) is 11.8 Å². The monoisotopic (exact) mass is 432 g/mol. The molecule has 0 aliphatic rings. The number of H-pyrrole nitrogens is 1. The number of ether oxygens (including phenoxy) is 1. The molecule has 0 fully saturated rings. The molecule has 0 spiro atoms. The van der Waals surface area contributed by atoms with Gasteiger partial charge >= 0.3 is 0 Å². The van der Waals surface area contributed by atoms with Crippen LogP contribution in [0.1, 0.15) is 0 Å². The van der Waals surface area contributed by atoms with Crippen molar-refractivity contribution in [2.75, 3.05) is 12.4 Å². The number of halogens is 1. The summed E-state index contributed by atoms with van der Waals surface area (Å²) in [5.74, 6) is 1.54. The summed E-state index contributed by atoms with van der Waals surface area (Å²) >= 11 is 2.23. The summed E-state index contributed by atoms with van der Waals surface area (Å²) in [5, 5.41) is 11.1. The van der Waals surface area contributed by atoms with Gasteiger partial charge in [-0.1, -0.05) is 0 Å². The molecule has 0 aliphatic carbocycles. The lowest BCUT2D eigenvalue weighted by atomic mass is 10.2. The number of hydrogen-bond donors (Lipinski definition) is 2. The zero-order valence-corrected chi connectivity index (χ0v) is 14.9. The maximum absolute atomic E-state index is 5.81. The Labute approximate surface area is 151 Å². The van der Waals surface area contributed by atoms with Crippen molar-refractivity contribution in [3.05, 3.63) is 52.4 Å². The van der Waals surface area contributed by atoms with Crippen LogP contribution in [-0.2, 0) is 0 Å². The van der Waals surface area contributed by atoms with Crippen LogP contribution in [0.5, 0.6) is 5.75 Å². The Balaban J connectivity index is 1.59. The van der Waals surface area contributed by atoms with Gasteiger partial charge in [-0.05, 0) is 59.0 Å². The van der Waals surface area contributed by atoms with Crippen LogP contribution in [0, 0.1) is 3.57 Å². The van der Waals surface area contributed by atoms with Gasteiger partial charge in [0.25, 0.3) is 6.01 Å². The van der Waals surface area contributed by atoms with Crippen molar-refractivity contribution in [1.29, 1.82) is 0 Å². The van der Waals surface area contributed by atoms with Crippen molar-refractivity contribution in [1.82, 2.24) is 15.2 Å². The Bertz CT molecular complexity index is 1010. The van der Waals surface area contributed by atoms with Gasteiger partial charge in [-0.25, -0.2) is 4.98 Å². The van der Waals surface area contributed by atoms with E-state index in [9.17, 15) is 0 Å². The third kappa shape index (κ3) is 2.82. The van der Waals surface area contributed by atoms with E-state index in [4.69, 9.17) is 9.15 Å². The number of anilines is 2. The highest BCUT2D eigenvalue weighted by Gasteiger charge is 2.09. The van der Waals surface area contributed by atoms with Crippen molar-refractivity contribution in [2.24, 2.45) is 0 Å². The lowest BCUT2D eigenvalue weighted by molar-refractivity contribution is 0.412. The molecular formula is C17H13IN4O2. The van der Waals surface area contributed by atoms with Crippen molar-refractivity contribution in [2.45, 2.75) is 0 Å². The lowest BCUT2D eigenvalue weighted by Crippen LogP contribution is -1.89. The number of rotatable bonds is 4. The first-order valence-corrected chi connectivity index (χ1v) is 8.31. The maximum atomic E-state index is 5.81. The minimum Gasteiger partial charge on any atom is -0.496 e. The number of oxazole rings is 1. The lowest BCUT2D eigenvalue weighted by Gasteiger charge is -2.04. The Kier molecular flexibility index (Phi) is 3.85. The minimum atomic E-state index is 0.443. The molecule has 4 aromatic rings. The minimum absolute atomic E-state index is 0.443. The highest BCUT2D eigenvalue weighted by molar-refractivity contribution is 14.1. The van der Waals surface area contributed by atoms with Crippen molar-refractivity contribution in [3.8, 4) is 17.1 Å². The summed E-state index contributed by atoms with van der Waals surface area (Å²) in [5.41, 5.74) is 2.83. The number of nitrogens with zero attached hydrogens (tertiary/aromatic N) is 2. The van der Waals surface area contributed by atoms with E-state index < -0.39 is 0 Å². The quantitative estimate of drug-likeness (QED) is 0.462. The van der Waals surface area contributed by atoms with Gasteiger partial charge < -0.3 is 14.5 Å². The third-order valence-electron chi connectivity index (χ3n) is 3.63. The molecule has 2 N–H and O–H groups in total. The van der Waals surface area contributed by atoms with E-state index in [-0.39, 0.29) is 0 Å². The summed E-state index contributed by atoms with van der Waals surface area (Å²) in [6, 6.07) is 12.2. The Hall–Kier alpha value is -2.55. The summed E-state index contributed by atoms with van der Waals surface area (Å²) in [6.45, 7) is 0. The van der Waals surface area contributed by atoms with Crippen molar-refractivity contribution < 1.29 is 9.15 Å². The predicted octanol–water partition coefficient (Wildman–Crippen LogP) is 4.57. The van der Waals surface area contributed by atoms with Crippen molar-refractivity contribution in [3.63, 3.8) is 0 Å². The Morgan fingerprint density at radius 1 is 1.17 bits per heavy atom. The first-order chi connectivity index (χ1) is 11.7. The van der Waals surface area contributed by atoms with E-state index in [1.165, 1.54) is 0 Å². The number of fused-ring (bicyclic) bond motifs is 1. The van der Waals surface area contributed by atoms with Crippen LogP contribution in [0.2, 0.25) is 0 Å². The van der Waals surface area contributed by atoms with Crippen LogP contribution in [0.4, 0.5) is 11.7 Å². The molecule has 0 saturated heterocycles. The highest BCUT2D eigenvalue weighted by Crippen LogP contribution is 2.30. The largest absolute Gasteiger partial charge is 0.496 e. The van der Waals surface area contributed by atoms with E-state index in [2.05, 4.69) is 43.1 Å². The first-order valence-electron chi connectivity index (χ1n) is 7.23. The zero-order chi connectivity index (χ0) is 16.5. The molecule has 0 unspecified atom stereocenters. The van der Waals surface area contributed by atoms with Gasteiger partial charge in [0.15, 0.2) is 5.76 Å². The Morgan fingerprint density at radius 2 is 2.08 bits per heavy atom. The number of benzene rings is 2. The van der Waals surface area contributed by atoms with E-state index in [0.717, 1.165) is 31.5 Å². The molecule has 120 valence electrons. The molecule has 2 aromatic carbocycles. The second-order valence-electron chi connectivity index (χ2n) is 5.18. The predicted molar refractivity (Wildman–Crippen MR) is 101 cm³/mol.